The summed E-state index contributed by atoms with van der Waals surface area (Å²) in [6, 6.07) is 56.0. The fourth-order valence-electron chi connectivity index (χ4n) is 8.35. The van der Waals surface area contributed by atoms with E-state index in [1.54, 1.807) is 0 Å². The minimum atomic E-state index is 0.653. The van der Waals surface area contributed by atoms with Crippen molar-refractivity contribution in [2.75, 3.05) is 0 Å². The van der Waals surface area contributed by atoms with E-state index < -0.39 is 0 Å². The second kappa shape index (κ2) is 10.5. The normalized spacial score (nSPS) is 12.1. The van der Waals surface area contributed by atoms with Gasteiger partial charge in [0.2, 0.25) is 0 Å². The molecule has 9 aromatic carbocycles. The van der Waals surface area contributed by atoms with E-state index >= 15 is 0 Å². The number of fused-ring (bicyclic) bond motifs is 3. The van der Waals surface area contributed by atoms with Crippen molar-refractivity contribution in [1.29, 1.82) is 5.26 Å². The molecule has 3 heteroatoms. The fourth-order valence-corrected chi connectivity index (χ4v) is 8.35. The number of nitrogens with zero attached hydrogens (tertiary/aromatic N) is 2. The zero-order valence-corrected chi connectivity index (χ0v) is 27.3. The van der Waals surface area contributed by atoms with Crippen LogP contribution in [0.2, 0.25) is 0 Å². The summed E-state index contributed by atoms with van der Waals surface area (Å²) in [5.41, 5.74) is 9.38. The van der Waals surface area contributed by atoms with Gasteiger partial charge in [0.25, 0.3) is 0 Å². The first-order valence-corrected chi connectivity index (χ1v) is 17.2. The van der Waals surface area contributed by atoms with Crippen LogP contribution in [0, 0.1) is 11.3 Å². The Balaban J connectivity index is 1.01. The third-order valence-corrected chi connectivity index (χ3v) is 10.7. The average Bonchev–Trinajstić information content (AvgIpc) is 3.20. The molecule has 0 saturated carbocycles. The van der Waals surface area contributed by atoms with Gasteiger partial charge >= 0.3 is 0 Å². The van der Waals surface area contributed by atoms with Crippen molar-refractivity contribution >= 4 is 53.9 Å². The molecule has 0 N–H and O–H groups in total. The maximum atomic E-state index is 9.66. The average molecular weight is 647 g/mol. The van der Waals surface area contributed by atoms with E-state index in [0.717, 1.165) is 55.8 Å². The summed E-state index contributed by atoms with van der Waals surface area (Å²) in [5.74, 6) is 1.58. The van der Waals surface area contributed by atoms with Crippen molar-refractivity contribution in [3.63, 3.8) is 0 Å². The van der Waals surface area contributed by atoms with Crippen LogP contribution in [0.15, 0.2) is 158 Å². The molecule has 1 aliphatic heterocycles. The molecule has 0 amide bonds. The summed E-state index contributed by atoms with van der Waals surface area (Å²) in [6.45, 7) is 0. The van der Waals surface area contributed by atoms with Gasteiger partial charge in [-0.3, -0.25) is 4.98 Å². The third-order valence-electron chi connectivity index (χ3n) is 10.7. The van der Waals surface area contributed by atoms with Gasteiger partial charge in [-0.1, -0.05) is 121 Å². The molecule has 0 atom stereocenters. The monoisotopic (exact) mass is 646 g/mol. The molecule has 3 nitrogen and oxygen atoms in total. The van der Waals surface area contributed by atoms with Crippen LogP contribution in [0.25, 0.3) is 98.5 Å². The zero-order chi connectivity index (χ0) is 33.6. The van der Waals surface area contributed by atoms with Crippen LogP contribution in [-0.2, 0) is 0 Å². The van der Waals surface area contributed by atoms with E-state index in [4.69, 9.17) is 9.72 Å². The molecule has 234 valence electrons. The summed E-state index contributed by atoms with van der Waals surface area (Å²) >= 11 is 0. The molecular formula is C48H26N2O. The highest BCUT2D eigenvalue weighted by atomic mass is 16.5. The van der Waals surface area contributed by atoms with E-state index in [2.05, 4.69) is 133 Å². The first-order valence-electron chi connectivity index (χ1n) is 17.2. The summed E-state index contributed by atoms with van der Waals surface area (Å²) in [4.78, 5) is 5.03. The first-order chi connectivity index (χ1) is 25.2. The van der Waals surface area contributed by atoms with E-state index in [9.17, 15) is 5.26 Å². The minimum absolute atomic E-state index is 0.653. The van der Waals surface area contributed by atoms with Crippen LogP contribution in [0.5, 0.6) is 11.5 Å². The van der Waals surface area contributed by atoms with Crippen LogP contribution < -0.4 is 4.74 Å². The van der Waals surface area contributed by atoms with Crippen LogP contribution >= 0.6 is 0 Å². The van der Waals surface area contributed by atoms with Gasteiger partial charge in [0.1, 0.15) is 11.5 Å². The maximum Gasteiger partial charge on any atom is 0.136 e. The summed E-state index contributed by atoms with van der Waals surface area (Å²) in [5, 5.41) is 21.6. The van der Waals surface area contributed by atoms with Gasteiger partial charge in [0.15, 0.2) is 0 Å². The molecule has 0 bridgehead atoms. The first kappa shape index (κ1) is 27.9. The van der Waals surface area contributed by atoms with Crippen molar-refractivity contribution in [3.05, 3.63) is 163 Å². The highest BCUT2D eigenvalue weighted by Crippen LogP contribution is 2.48. The topological polar surface area (TPSA) is 45.9 Å². The number of hydrogen-bond acceptors (Lipinski definition) is 3. The van der Waals surface area contributed by atoms with Crippen molar-refractivity contribution in [3.8, 4) is 62.2 Å². The Morgan fingerprint density at radius 3 is 1.92 bits per heavy atom. The van der Waals surface area contributed by atoms with Crippen LogP contribution in [-0.4, -0.2) is 4.98 Å². The van der Waals surface area contributed by atoms with Gasteiger partial charge < -0.3 is 4.74 Å². The quantitative estimate of drug-likeness (QED) is 0.179. The van der Waals surface area contributed by atoms with Gasteiger partial charge in [0.05, 0.1) is 17.3 Å². The third kappa shape index (κ3) is 4.02. The van der Waals surface area contributed by atoms with E-state index in [-0.39, 0.29) is 0 Å². The molecule has 1 aliphatic rings. The molecule has 51 heavy (non-hydrogen) atoms. The number of nitriles is 1. The Labute approximate surface area is 293 Å². The molecule has 10 aromatic rings. The number of ether oxygens (including phenoxy) is 1. The predicted molar refractivity (Wildman–Crippen MR) is 209 cm³/mol. The summed E-state index contributed by atoms with van der Waals surface area (Å²) in [7, 11) is 0. The Morgan fingerprint density at radius 2 is 1.10 bits per heavy atom. The van der Waals surface area contributed by atoms with E-state index in [1.807, 2.05) is 30.5 Å². The SMILES string of the molecule is N#Cc1ccc2c3c(cccc13)-c1ccc(-c3ccc(-c4ccc5ccc6c(-c7cccc8ccccc78)ccc7ccc4c5c76)nc3)cc1O2. The molecule has 11 rings (SSSR count). The number of hydrogen-bond donors (Lipinski definition) is 0. The van der Waals surface area contributed by atoms with Gasteiger partial charge in [0, 0.05) is 33.7 Å². The molecule has 2 heterocycles. The Bertz CT molecular complexity index is 3110. The second-order valence-corrected chi connectivity index (χ2v) is 13.4. The van der Waals surface area contributed by atoms with Gasteiger partial charge in [-0.25, -0.2) is 0 Å². The number of benzene rings is 9. The smallest absolute Gasteiger partial charge is 0.136 e. The number of aromatic nitrogens is 1. The minimum Gasteiger partial charge on any atom is -0.456 e. The van der Waals surface area contributed by atoms with Crippen molar-refractivity contribution in [2.45, 2.75) is 0 Å². The molecular weight excluding hydrogens is 621 g/mol. The van der Waals surface area contributed by atoms with Gasteiger partial charge in [-0.2, -0.15) is 5.26 Å². The zero-order valence-electron chi connectivity index (χ0n) is 27.3. The second-order valence-electron chi connectivity index (χ2n) is 13.4. The Hall–Kier alpha value is -7.02. The van der Waals surface area contributed by atoms with Gasteiger partial charge in [-0.15, -0.1) is 0 Å². The summed E-state index contributed by atoms with van der Waals surface area (Å²) < 4.78 is 6.44. The Morgan fingerprint density at radius 1 is 0.431 bits per heavy atom. The molecule has 0 aliphatic carbocycles. The van der Waals surface area contributed by atoms with Gasteiger partial charge in [-0.05, 0) is 95.7 Å². The number of rotatable bonds is 3. The lowest BCUT2D eigenvalue weighted by Gasteiger charge is -2.22. The number of pyridine rings is 1. The molecule has 0 fully saturated rings. The lowest BCUT2D eigenvalue weighted by atomic mass is 9.87. The predicted octanol–water partition coefficient (Wildman–Crippen LogP) is 12.9. The molecule has 0 unspecified atom stereocenters. The fraction of sp³-hybridized carbons (Fsp3) is 0. The van der Waals surface area contributed by atoms with E-state index in [1.165, 1.54) is 54.2 Å². The highest BCUT2D eigenvalue weighted by molar-refractivity contribution is 6.28. The lowest BCUT2D eigenvalue weighted by molar-refractivity contribution is 0.487. The molecule has 0 spiro atoms. The highest BCUT2D eigenvalue weighted by Gasteiger charge is 2.22. The Kier molecular flexibility index (Phi) is 5.73. The summed E-state index contributed by atoms with van der Waals surface area (Å²) in [6.07, 6.45) is 1.96. The van der Waals surface area contributed by atoms with Crippen molar-refractivity contribution in [1.82, 2.24) is 4.98 Å². The van der Waals surface area contributed by atoms with Crippen LogP contribution in [0.3, 0.4) is 0 Å². The largest absolute Gasteiger partial charge is 0.456 e. The van der Waals surface area contributed by atoms with Crippen LogP contribution in [0.1, 0.15) is 5.56 Å². The standard InChI is InChI=1S/C48H26N2O/c49-26-32-17-24-44-48-35(32)8-4-10-40(48)39-20-15-31(25-45(39)51-44)33-16-23-43(50-27-33)38-19-12-30-13-21-41-37(18-11-29-14-22-42(38)47(30)46(29)41)36-9-3-6-28-5-1-2-7-34(28)36/h1-25,27H. The van der Waals surface area contributed by atoms with E-state index in [0.29, 0.717) is 5.56 Å². The van der Waals surface area contributed by atoms with Crippen molar-refractivity contribution < 1.29 is 4.74 Å². The molecule has 1 aromatic heterocycles. The van der Waals surface area contributed by atoms with Crippen LogP contribution in [0.4, 0.5) is 0 Å². The lowest BCUT2D eigenvalue weighted by Crippen LogP contribution is -1.98. The molecule has 0 saturated heterocycles. The van der Waals surface area contributed by atoms with Crippen molar-refractivity contribution in [2.24, 2.45) is 0 Å². The molecule has 0 radical (unpaired) electrons. The maximum absolute atomic E-state index is 9.66.